The number of allylic oxidation sites excluding steroid dienone is 1. The van der Waals surface area contributed by atoms with Crippen molar-refractivity contribution in [2.75, 3.05) is 6.54 Å². The molecule has 1 rings (SSSR count). The highest BCUT2D eigenvalue weighted by atomic mass is 32.1. The van der Waals surface area contributed by atoms with Gasteiger partial charge in [-0.15, -0.1) is 6.58 Å². The van der Waals surface area contributed by atoms with E-state index in [-0.39, 0.29) is 5.91 Å². The van der Waals surface area contributed by atoms with Crippen LogP contribution in [0.5, 0.6) is 0 Å². The van der Waals surface area contributed by atoms with Gasteiger partial charge in [-0.2, -0.15) is 0 Å². The van der Waals surface area contributed by atoms with Gasteiger partial charge in [-0.3, -0.25) is 4.79 Å². The fourth-order valence-corrected chi connectivity index (χ4v) is 1.05. The van der Waals surface area contributed by atoms with Crippen LogP contribution in [-0.4, -0.2) is 22.2 Å². The van der Waals surface area contributed by atoms with Crippen molar-refractivity contribution in [1.29, 1.82) is 0 Å². The number of nitrogens with zero attached hydrogens (tertiary/aromatic N) is 1. The van der Waals surface area contributed by atoms with Crippen molar-refractivity contribution in [3.63, 3.8) is 0 Å². The van der Waals surface area contributed by atoms with Gasteiger partial charge in [0.25, 0.3) is 0 Å². The number of hydrogen-bond acceptors (Lipinski definition) is 2. The average Bonchev–Trinajstić information content (AvgIpc) is 1.95. The average molecular weight is 167 g/mol. The van der Waals surface area contributed by atoms with Crippen molar-refractivity contribution in [1.82, 2.24) is 4.90 Å². The number of rotatable bonds is 2. The maximum atomic E-state index is 11.1. The zero-order valence-corrected chi connectivity index (χ0v) is 6.93. The van der Waals surface area contributed by atoms with E-state index in [1.807, 2.05) is 0 Å². The van der Waals surface area contributed by atoms with Crippen LogP contribution in [0.1, 0.15) is 6.42 Å². The molecule has 1 aliphatic rings. The van der Waals surface area contributed by atoms with Crippen LogP contribution in [0.15, 0.2) is 24.9 Å². The van der Waals surface area contributed by atoms with Gasteiger partial charge in [0.15, 0.2) is 0 Å². The van der Waals surface area contributed by atoms with Crippen LogP contribution < -0.4 is 0 Å². The minimum absolute atomic E-state index is 0.0531. The van der Waals surface area contributed by atoms with Crippen LogP contribution in [0, 0.1) is 0 Å². The molecule has 0 N–H and O–H groups in total. The Labute approximate surface area is 71.2 Å². The van der Waals surface area contributed by atoms with E-state index in [0.717, 1.165) is 0 Å². The zero-order valence-electron chi connectivity index (χ0n) is 6.12. The van der Waals surface area contributed by atoms with Crippen molar-refractivity contribution in [2.45, 2.75) is 6.42 Å². The molecule has 1 aliphatic heterocycles. The monoisotopic (exact) mass is 167 g/mol. The summed E-state index contributed by atoms with van der Waals surface area (Å²) in [7, 11) is 0. The van der Waals surface area contributed by atoms with Crippen LogP contribution in [0.3, 0.4) is 0 Å². The minimum atomic E-state index is 0.0531. The molecule has 3 heteroatoms. The van der Waals surface area contributed by atoms with Crippen molar-refractivity contribution in [3.05, 3.63) is 24.9 Å². The first-order valence-corrected chi connectivity index (χ1v) is 3.76. The maximum Gasteiger partial charge on any atom is 0.232 e. The summed E-state index contributed by atoms with van der Waals surface area (Å²) in [5.74, 6) is 0.0531. The molecule has 1 amide bonds. The fourth-order valence-electron chi connectivity index (χ4n) is 0.868. The van der Waals surface area contributed by atoms with E-state index in [1.165, 1.54) is 0 Å². The number of carbonyl (C=O) groups is 1. The maximum absolute atomic E-state index is 11.1. The SMILES string of the molecule is C=CCN1C=CC(=S)CC1=O. The van der Waals surface area contributed by atoms with Gasteiger partial charge < -0.3 is 4.90 Å². The molecule has 0 saturated carbocycles. The quantitative estimate of drug-likeness (QED) is 0.456. The topological polar surface area (TPSA) is 20.3 Å². The molecule has 0 saturated heterocycles. The number of carbonyl (C=O) groups excluding carboxylic acids is 1. The van der Waals surface area contributed by atoms with E-state index in [9.17, 15) is 4.79 Å². The summed E-state index contributed by atoms with van der Waals surface area (Å²) in [6.45, 7) is 4.12. The molecule has 0 aromatic rings. The first-order valence-electron chi connectivity index (χ1n) is 3.35. The van der Waals surface area contributed by atoms with Crippen LogP contribution >= 0.6 is 12.2 Å². The molecular weight excluding hydrogens is 158 g/mol. The first kappa shape index (κ1) is 8.14. The normalized spacial score (nSPS) is 17.3. The van der Waals surface area contributed by atoms with Gasteiger partial charge in [0.05, 0.1) is 6.42 Å². The van der Waals surface area contributed by atoms with Crippen LogP contribution in [0.2, 0.25) is 0 Å². The predicted octanol–water partition coefficient (Wildman–Crippen LogP) is 1.29. The third-order valence-electron chi connectivity index (χ3n) is 1.41. The van der Waals surface area contributed by atoms with Crippen molar-refractivity contribution >= 4 is 23.0 Å². The highest BCUT2D eigenvalue weighted by Gasteiger charge is 2.14. The molecule has 0 radical (unpaired) electrons. The summed E-state index contributed by atoms with van der Waals surface area (Å²) in [4.78, 5) is 13.4. The van der Waals surface area contributed by atoms with Crippen LogP contribution in [0.4, 0.5) is 0 Å². The lowest BCUT2D eigenvalue weighted by atomic mass is 10.2. The van der Waals surface area contributed by atoms with E-state index in [2.05, 4.69) is 6.58 Å². The molecule has 0 aliphatic carbocycles. The van der Waals surface area contributed by atoms with E-state index in [0.29, 0.717) is 17.8 Å². The lowest BCUT2D eigenvalue weighted by molar-refractivity contribution is -0.127. The van der Waals surface area contributed by atoms with Gasteiger partial charge in [0, 0.05) is 17.6 Å². The van der Waals surface area contributed by atoms with E-state index in [4.69, 9.17) is 12.2 Å². The van der Waals surface area contributed by atoms with Crippen LogP contribution in [-0.2, 0) is 4.79 Å². The van der Waals surface area contributed by atoms with Gasteiger partial charge in [-0.05, 0) is 6.08 Å². The Morgan fingerprint density at radius 2 is 2.55 bits per heavy atom. The molecule has 11 heavy (non-hydrogen) atoms. The lowest BCUT2D eigenvalue weighted by Gasteiger charge is -2.19. The summed E-state index contributed by atoms with van der Waals surface area (Å²) >= 11 is 4.86. The standard InChI is InChI=1S/C8H9NOS/c1-2-4-9-5-3-7(11)6-8(9)10/h2-3,5H,1,4,6H2. The lowest BCUT2D eigenvalue weighted by Crippen LogP contribution is -2.30. The van der Waals surface area contributed by atoms with Crippen molar-refractivity contribution < 1.29 is 4.79 Å². The Morgan fingerprint density at radius 3 is 3.09 bits per heavy atom. The number of amides is 1. The van der Waals surface area contributed by atoms with Crippen LogP contribution in [0.25, 0.3) is 0 Å². The second kappa shape index (κ2) is 3.44. The van der Waals surface area contributed by atoms with Crippen molar-refractivity contribution in [3.8, 4) is 0 Å². The fraction of sp³-hybridized carbons (Fsp3) is 0.250. The summed E-state index contributed by atoms with van der Waals surface area (Å²) in [5, 5.41) is 0. The number of hydrogen-bond donors (Lipinski definition) is 0. The molecule has 1 heterocycles. The third-order valence-corrected chi connectivity index (χ3v) is 1.69. The molecule has 0 fully saturated rings. The summed E-state index contributed by atoms with van der Waals surface area (Å²) in [6.07, 6.45) is 5.53. The molecule has 0 aromatic heterocycles. The summed E-state index contributed by atoms with van der Waals surface area (Å²) in [6, 6.07) is 0. The Hall–Kier alpha value is -0.960. The smallest absolute Gasteiger partial charge is 0.232 e. The van der Waals surface area contributed by atoms with E-state index in [1.54, 1.807) is 23.3 Å². The molecule has 0 bridgehead atoms. The highest BCUT2D eigenvalue weighted by molar-refractivity contribution is 7.80. The van der Waals surface area contributed by atoms with Gasteiger partial charge >= 0.3 is 0 Å². The van der Waals surface area contributed by atoms with Gasteiger partial charge in [0.1, 0.15) is 0 Å². The molecule has 0 unspecified atom stereocenters. The molecule has 0 atom stereocenters. The first-order chi connectivity index (χ1) is 5.24. The number of thiocarbonyl (C=S) groups is 1. The predicted molar refractivity (Wildman–Crippen MR) is 48.3 cm³/mol. The summed E-state index contributed by atoms with van der Waals surface area (Å²) in [5.41, 5.74) is 0. The molecular formula is C8H9NOS. The Balaban J connectivity index is 2.67. The Morgan fingerprint density at radius 1 is 1.82 bits per heavy atom. The summed E-state index contributed by atoms with van der Waals surface area (Å²) < 4.78 is 0. The van der Waals surface area contributed by atoms with Gasteiger partial charge in [-0.1, -0.05) is 18.3 Å². The van der Waals surface area contributed by atoms with E-state index >= 15 is 0 Å². The zero-order chi connectivity index (χ0) is 8.27. The minimum Gasteiger partial charge on any atom is -0.315 e. The van der Waals surface area contributed by atoms with Gasteiger partial charge in [-0.25, -0.2) is 0 Å². The molecule has 58 valence electrons. The molecule has 0 aromatic carbocycles. The second-order valence-electron chi connectivity index (χ2n) is 2.29. The molecule has 0 spiro atoms. The Kier molecular flexibility index (Phi) is 2.54. The van der Waals surface area contributed by atoms with Gasteiger partial charge in [0.2, 0.25) is 5.91 Å². The Bertz CT molecular complexity index is 232. The highest BCUT2D eigenvalue weighted by Crippen LogP contribution is 2.05. The largest absolute Gasteiger partial charge is 0.315 e. The van der Waals surface area contributed by atoms with E-state index < -0.39 is 0 Å². The third kappa shape index (κ3) is 1.98. The molecule has 2 nitrogen and oxygen atoms in total. The van der Waals surface area contributed by atoms with Crippen molar-refractivity contribution in [2.24, 2.45) is 0 Å². The second-order valence-corrected chi connectivity index (χ2v) is 2.82.